The second-order valence-corrected chi connectivity index (χ2v) is 7.30. The van der Waals surface area contributed by atoms with E-state index in [1.807, 2.05) is 23.1 Å². The predicted molar refractivity (Wildman–Crippen MR) is 97.8 cm³/mol. The van der Waals surface area contributed by atoms with Crippen LogP contribution in [0.25, 0.3) is 0 Å². The van der Waals surface area contributed by atoms with Crippen molar-refractivity contribution in [1.29, 1.82) is 0 Å². The minimum Gasteiger partial charge on any atom is -0.339 e. The number of fused-ring (bicyclic) bond motifs is 1. The van der Waals surface area contributed by atoms with E-state index in [0.717, 1.165) is 12.1 Å². The van der Waals surface area contributed by atoms with Crippen LogP contribution in [-0.4, -0.2) is 29.8 Å². The molecule has 25 heavy (non-hydrogen) atoms. The van der Waals surface area contributed by atoms with Gasteiger partial charge in [0.1, 0.15) is 0 Å². The number of hydrogen-bond acceptors (Lipinski definition) is 2. The Morgan fingerprint density at radius 1 is 1.04 bits per heavy atom. The van der Waals surface area contributed by atoms with E-state index in [0.29, 0.717) is 36.5 Å². The first kappa shape index (κ1) is 16.2. The van der Waals surface area contributed by atoms with Crippen LogP contribution in [0, 0.1) is 5.41 Å². The Labute approximate surface area is 151 Å². The number of piperidine rings is 1. The van der Waals surface area contributed by atoms with Crippen molar-refractivity contribution in [3.8, 4) is 0 Å². The quantitative estimate of drug-likeness (QED) is 0.847. The Morgan fingerprint density at radius 2 is 1.72 bits per heavy atom. The molecule has 0 bridgehead atoms. The number of nitrogens with one attached hydrogen (secondary N) is 1. The summed E-state index contributed by atoms with van der Waals surface area (Å²) < 4.78 is 0. The highest BCUT2D eigenvalue weighted by Crippen LogP contribution is 2.41. The fraction of sp³-hybridized carbons (Fsp3) is 0.300. The summed E-state index contributed by atoms with van der Waals surface area (Å²) in [6.45, 7) is 1.19. The topological polar surface area (TPSA) is 49.4 Å². The fourth-order valence-electron chi connectivity index (χ4n) is 3.81. The van der Waals surface area contributed by atoms with Gasteiger partial charge in [-0.3, -0.25) is 9.59 Å². The van der Waals surface area contributed by atoms with Gasteiger partial charge in [-0.2, -0.15) is 0 Å². The number of likely N-dealkylation sites (tertiary alicyclic amines) is 1. The number of carbonyl (C=O) groups excluding carboxylic acids is 2. The molecule has 1 saturated heterocycles. The lowest BCUT2D eigenvalue weighted by Crippen LogP contribution is -2.51. The zero-order valence-corrected chi connectivity index (χ0v) is 14.6. The van der Waals surface area contributed by atoms with E-state index >= 15 is 0 Å². The number of anilines is 1. The first-order chi connectivity index (χ1) is 12.1. The number of amides is 2. The summed E-state index contributed by atoms with van der Waals surface area (Å²) in [4.78, 5) is 27.2. The largest absolute Gasteiger partial charge is 0.339 e. The second kappa shape index (κ2) is 6.19. The minimum absolute atomic E-state index is 0.00290. The van der Waals surface area contributed by atoms with E-state index in [2.05, 4.69) is 11.4 Å². The van der Waals surface area contributed by atoms with Crippen molar-refractivity contribution in [2.45, 2.75) is 19.3 Å². The average Bonchev–Trinajstić information content (AvgIpc) is 2.63. The molecule has 2 aromatic rings. The van der Waals surface area contributed by atoms with Crippen LogP contribution >= 0.6 is 11.6 Å². The van der Waals surface area contributed by atoms with Gasteiger partial charge in [-0.25, -0.2) is 0 Å². The summed E-state index contributed by atoms with van der Waals surface area (Å²) in [6, 6.07) is 14.9. The third-order valence-corrected chi connectivity index (χ3v) is 5.63. The number of carbonyl (C=O) groups is 2. The van der Waals surface area contributed by atoms with Crippen molar-refractivity contribution in [1.82, 2.24) is 4.90 Å². The molecule has 0 aromatic heterocycles. The predicted octanol–water partition coefficient (Wildman–Crippen LogP) is 3.76. The summed E-state index contributed by atoms with van der Waals surface area (Å²) in [7, 11) is 0. The lowest BCUT2D eigenvalue weighted by Gasteiger charge is -2.43. The number of halogens is 1. The maximum atomic E-state index is 12.7. The van der Waals surface area contributed by atoms with E-state index in [9.17, 15) is 9.59 Å². The van der Waals surface area contributed by atoms with Gasteiger partial charge in [-0.05, 0) is 55.2 Å². The van der Waals surface area contributed by atoms with Crippen molar-refractivity contribution in [2.24, 2.45) is 5.41 Å². The summed E-state index contributed by atoms with van der Waals surface area (Å²) in [5.74, 6) is 0.0907. The molecule has 1 spiro atoms. The number of benzene rings is 2. The van der Waals surface area contributed by atoms with E-state index in [4.69, 9.17) is 11.6 Å². The molecule has 0 radical (unpaired) electrons. The summed E-state index contributed by atoms with van der Waals surface area (Å²) >= 11 is 5.89. The Bertz CT molecular complexity index is 824. The van der Waals surface area contributed by atoms with Gasteiger partial charge in [0.15, 0.2) is 0 Å². The smallest absolute Gasteiger partial charge is 0.253 e. The minimum atomic E-state index is -0.398. The van der Waals surface area contributed by atoms with Gasteiger partial charge in [-0.1, -0.05) is 29.8 Å². The molecule has 0 atom stereocenters. The zero-order chi connectivity index (χ0) is 17.4. The first-order valence-corrected chi connectivity index (χ1v) is 8.89. The fourth-order valence-corrected chi connectivity index (χ4v) is 3.94. The molecule has 5 heteroatoms. The Morgan fingerprint density at radius 3 is 2.44 bits per heavy atom. The Hall–Kier alpha value is -2.33. The van der Waals surface area contributed by atoms with Crippen molar-refractivity contribution >= 4 is 29.1 Å². The maximum absolute atomic E-state index is 12.7. The van der Waals surface area contributed by atoms with Crippen molar-refractivity contribution in [3.63, 3.8) is 0 Å². The van der Waals surface area contributed by atoms with E-state index < -0.39 is 5.41 Å². The van der Waals surface area contributed by atoms with Crippen LogP contribution in [-0.2, 0) is 11.2 Å². The van der Waals surface area contributed by atoms with Gasteiger partial charge < -0.3 is 10.2 Å². The van der Waals surface area contributed by atoms with Gasteiger partial charge in [0.05, 0.1) is 5.41 Å². The molecule has 2 aliphatic rings. The third kappa shape index (κ3) is 2.91. The van der Waals surface area contributed by atoms with Crippen molar-refractivity contribution in [3.05, 3.63) is 64.7 Å². The number of para-hydroxylation sites is 1. The van der Waals surface area contributed by atoms with E-state index in [-0.39, 0.29) is 11.8 Å². The van der Waals surface area contributed by atoms with Crippen LogP contribution in [0.1, 0.15) is 28.8 Å². The molecule has 1 fully saturated rings. The van der Waals surface area contributed by atoms with Gasteiger partial charge in [0.2, 0.25) is 5.91 Å². The molecule has 2 amide bonds. The molecule has 0 aliphatic carbocycles. The third-order valence-electron chi connectivity index (χ3n) is 5.38. The van der Waals surface area contributed by atoms with Crippen LogP contribution in [0.2, 0.25) is 5.02 Å². The zero-order valence-electron chi connectivity index (χ0n) is 13.8. The number of hydrogen-bond donors (Lipinski definition) is 1. The number of nitrogens with zero attached hydrogens (tertiary/aromatic N) is 1. The summed E-state index contributed by atoms with van der Waals surface area (Å²) in [5.41, 5.74) is 2.33. The van der Waals surface area contributed by atoms with Crippen molar-refractivity contribution in [2.75, 3.05) is 18.4 Å². The van der Waals surface area contributed by atoms with Crippen LogP contribution in [0.15, 0.2) is 48.5 Å². The molecule has 2 aliphatic heterocycles. The van der Waals surface area contributed by atoms with Gasteiger partial charge in [0, 0.05) is 29.4 Å². The molecule has 4 nitrogen and oxygen atoms in total. The highest BCUT2D eigenvalue weighted by atomic mass is 35.5. The first-order valence-electron chi connectivity index (χ1n) is 8.52. The molecule has 0 saturated carbocycles. The number of rotatable bonds is 1. The van der Waals surface area contributed by atoms with Gasteiger partial charge in [-0.15, -0.1) is 0 Å². The van der Waals surface area contributed by atoms with Crippen molar-refractivity contribution < 1.29 is 9.59 Å². The van der Waals surface area contributed by atoms with Crippen LogP contribution in [0.4, 0.5) is 5.69 Å². The lowest BCUT2D eigenvalue weighted by atomic mass is 9.71. The van der Waals surface area contributed by atoms with Gasteiger partial charge in [0.25, 0.3) is 5.91 Å². The van der Waals surface area contributed by atoms with E-state index in [1.165, 1.54) is 5.56 Å². The van der Waals surface area contributed by atoms with Gasteiger partial charge >= 0.3 is 0 Å². The Balaban J connectivity index is 1.49. The molecule has 0 unspecified atom stereocenters. The monoisotopic (exact) mass is 354 g/mol. The molecule has 2 heterocycles. The molecular formula is C20H19ClN2O2. The SMILES string of the molecule is O=C(c1ccc(Cl)cc1)N1CCC2(CC1)Cc1ccccc1NC2=O. The molecule has 2 aromatic carbocycles. The average molecular weight is 355 g/mol. The Kier molecular flexibility index (Phi) is 4.00. The highest BCUT2D eigenvalue weighted by molar-refractivity contribution is 6.30. The van der Waals surface area contributed by atoms with Crippen LogP contribution in [0.3, 0.4) is 0 Å². The van der Waals surface area contributed by atoms with Crippen LogP contribution < -0.4 is 5.32 Å². The second-order valence-electron chi connectivity index (χ2n) is 6.87. The normalized spacial score (nSPS) is 18.6. The van der Waals surface area contributed by atoms with Crippen LogP contribution in [0.5, 0.6) is 0 Å². The lowest BCUT2D eigenvalue weighted by molar-refractivity contribution is -0.128. The van der Waals surface area contributed by atoms with E-state index in [1.54, 1.807) is 24.3 Å². The molecule has 1 N–H and O–H groups in total. The highest BCUT2D eigenvalue weighted by Gasteiger charge is 2.45. The standard InChI is InChI=1S/C20H19ClN2O2/c21-16-7-5-14(6-8-16)18(24)23-11-9-20(10-12-23)13-15-3-1-2-4-17(15)22-19(20)25/h1-8H,9-13H2,(H,22,25). The molecule has 128 valence electrons. The summed E-state index contributed by atoms with van der Waals surface area (Å²) in [6.07, 6.45) is 2.12. The molecule has 4 rings (SSSR count). The summed E-state index contributed by atoms with van der Waals surface area (Å²) in [5, 5.41) is 3.66. The molecular weight excluding hydrogens is 336 g/mol. The maximum Gasteiger partial charge on any atom is 0.253 e.